The van der Waals surface area contributed by atoms with Crippen LogP contribution in [0.15, 0.2) is 55.0 Å². The first-order valence-corrected chi connectivity index (χ1v) is 12.4. The first-order chi connectivity index (χ1) is 15.7. The van der Waals surface area contributed by atoms with E-state index in [1.54, 1.807) is 32.2 Å². The fourth-order valence-electron chi connectivity index (χ4n) is 3.56. The third kappa shape index (κ3) is 5.15. The summed E-state index contributed by atoms with van der Waals surface area (Å²) in [5, 5.41) is 8.78. The van der Waals surface area contributed by atoms with Gasteiger partial charge >= 0.3 is 0 Å². The Morgan fingerprint density at radius 2 is 1.85 bits per heavy atom. The van der Waals surface area contributed by atoms with Crippen molar-refractivity contribution in [1.29, 1.82) is 5.26 Å². The number of Topliss-reactive ketones (excluding diaryl/α,β-unsaturated/α-hetero) is 1. The molecule has 0 bridgehead atoms. The number of nitriles is 1. The maximum absolute atomic E-state index is 13.2. The molecule has 0 unspecified atom stereocenters. The summed E-state index contributed by atoms with van der Waals surface area (Å²) in [6, 6.07) is 13.1. The van der Waals surface area contributed by atoms with Crippen LogP contribution in [0.3, 0.4) is 0 Å². The number of rotatable bonds is 8. The topological polar surface area (TPSA) is 114 Å². The van der Waals surface area contributed by atoms with Crippen LogP contribution in [0.1, 0.15) is 49.3 Å². The number of hydrogen-bond donors (Lipinski definition) is 0. The molecule has 0 radical (unpaired) electrons. The van der Waals surface area contributed by atoms with Crippen molar-refractivity contribution in [2.24, 2.45) is 0 Å². The number of benzene rings is 1. The van der Waals surface area contributed by atoms with Crippen LogP contribution in [0.25, 0.3) is 11.1 Å². The maximum atomic E-state index is 13.2. The van der Waals surface area contributed by atoms with E-state index in [9.17, 15) is 13.2 Å². The Bertz CT molecular complexity index is 1340. The number of nitrogens with zero attached hydrogens (tertiary/aromatic N) is 4. The van der Waals surface area contributed by atoms with Crippen LogP contribution in [0.4, 0.5) is 0 Å². The highest BCUT2D eigenvalue weighted by atomic mass is 32.2. The quantitative estimate of drug-likeness (QED) is 0.505. The molecule has 3 aromatic rings. The lowest BCUT2D eigenvalue weighted by Gasteiger charge is -2.23. The maximum Gasteiger partial charge on any atom is 0.160 e. The number of pyridine rings is 1. The second kappa shape index (κ2) is 8.83. The van der Waals surface area contributed by atoms with Gasteiger partial charge in [0.2, 0.25) is 0 Å². The molecule has 33 heavy (non-hydrogen) atoms. The molecule has 4 rings (SSSR count). The molecular formula is C25H24N4O3S. The van der Waals surface area contributed by atoms with Crippen LogP contribution < -0.4 is 0 Å². The number of ketones is 1. The fourth-order valence-corrected chi connectivity index (χ4v) is 5.15. The van der Waals surface area contributed by atoms with Crippen molar-refractivity contribution in [2.45, 2.75) is 49.5 Å². The van der Waals surface area contributed by atoms with Crippen molar-refractivity contribution in [3.63, 3.8) is 0 Å². The van der Waals surface area contributed by atoms with Gasteiger partial charge in [-0.15, -0.1) is 0 Å². The minimum atomic E-state index is -3.23. The van der Waals surface area contributed by atoms with Gasteiger partial charge in [0.05, 0.1) is 21.9 Å². The van der Waals surface area contributed by atoms with Gasteiger partial charge in [0.15, 0.2) is 9.84 Å². The molecule has 1 saturated carbocycles. The fraction of sp³-hybridized carbons (Fsp3) is 0.320. The minimum absolute atomic E-state index is 0.0295. The number of carbonyl (C=O) groups is 1. The highest BCUT2D eigenvalue weighted by molar-refractivity contribution is 7.91. The van der Waals surface area contributed by atoms with Crippen LogP contribution in [-0.2, 0) is 32.2 Å². The Kier molecular flexibility index (Phi) is 6.09. The summed E-state index contributed by atoms with van der Waals surface area (Å²) in [7, 11) is -3.23. The molecule has 0 N–H and O–H groups in total. The highest BCUT2D eigenvalue weighted by Crippen LogP contribution is 2.31. The van der Waals surface area contributed by atoms with Gasteiger partial charge in [-0.1, -0.05) is 24.3 Å². The van der Waals surface area contributed by atoms with E-state index in [-0.39, 0.29) is 29.0 Å². The SMILES string of the molecule is CC(C)(C(=O)Cc1ccc(-c2cncc(C#N)c2)cc1)c1ccnc(CS(=O)(=O)C2CC2)n1. The smallest absolute Gasteiger partial charge is 0.160 e. The molecule has 2 heterocycles. The van der Waals surface area contributed by atoms with Crippen LogP contribution in [0, 0.1) is 11.3 Å². The first-order valence-electron chi connectivity index (χ1n) is 10.7. The molecule has 1 aliphatic carbocycles. The summed E-state index contributed by atoms with van der Waals surface area (Å²) in [5.41, 5.74) is 2.70. The van der Waals surface area contributed by atoms with Crippen molar-refractivity contribution in [2.75, 3.05) is 0 Å². The molecule has 8 heteroatoms. The molecule has 0 aliphatic heterocycles. The molecule has 0 spiro atoms. The zero-order chi connectivity index (χ0) is 23.6. The summed E-state index contributed by atoms with van der Waals surface area (Å²) in [6.45, 7) is 3.59. The zero-order valence-electron chi connectivity index (χ0n) is 18.5. The molecule has 0 saturated heterocycles. The molecule has 1 fully saturated rings. The molecular weight excluding hydrogens is 436 g/mol. The summed E-state index contributed by atoms with van der Waals surface area (Å²) in [6.07, 6.45) is 6.34. The Morgan fingerprint density at radius 3 is 2.52 bits per heavy atom. The van der Waals surface area contributed by atoms with Gasteiger partial charge in [0.1, 0.15) is 23.4 Å². The Hall–Kier alpha value is -3.44. The number of hydrogen-bond acceptors (Lipinski definition) is 7. The van der Waals surface area contributed by atoms with Crippen molar-refractivity contribution in [3.05, 3.63) is 77.6 Å². The third-order valence-electron chi connectivity index (χ3n) is 5.92. The first kappa shape index (κ1) is 22.7. The van der Waals surface area contributed by atoms with E-state index in [1.165, 1.54) is 12.4 Å². The molecule has 168 valence electrons. The average Bonchev–Trinajstić information content (AvgIpc) is 3.66. The third-order valence-corrected chi connectivity index (χ3v) is 8.07. The van der Waals surface area contributed by atoms with Crippen molar-refractivity contribution >= 4 is 15.6 Å². The van der Waals surface area contributed by atoms with Crippen molar-refractivity contribution in [1.82, 2.24) is 15.0 Å². The van der Waals surface area contributed by atoms with Crippen LogP contribution in [0.2, 0.25) is 0 Å². The minimum Gasteiger partial charge on any atom is -0.298 e. The van der Waals surface area contributed by atoms with E-state index in [1.807, 2.05) is 24.3 Å². The van der Waals surface area contributed by atoms with Gasteiger partial charge in [-0.05, 0) is 49.9 Å². The summed E-state index contributed by atoms with van der Waals surface area (Å²) in [5.74, 6) is 0.00923. The Labute approximate surface area is 193 Å². The van der Waals surface area contributed by atoms with Gasteiger partial charge in [-0.3, -0.25) is 9.78 Å². The Balaban J connectivity index is 1.48. The van der Waals surface area contributed by atoms with Gasteiger partial charge < -0.3 is 0 Å². The molecule has 1 aromatic carbocycles. The highest BCUT2D eigenvalue weighted by Gasteiger charge is 2.37. The normalized spacial score (nSPS) is 14.0. The van der Waals surface area contributed by atoms with E-state index in [2.05, 4.69) is 21.0 Å². The lowest BCUT2D eigenvalue weighted by molar-refractivity contribution is -0.122. The number of carbonyl (C=O) groups excluding carboxylic acids is 1. The zero-order valence-corrected chi connectivity index (χ0v) is 19.3. The molecule has 0 amide bonds. The molecule has 7 nitrogen and oxygen atoms in total. The van der Waals surface area contributed by atoms with E-state index in [0.29, 0.717) is 24.1 Å². The molecule has 2 aromatic heterocycles. The van der Waals surface area contributed by atoms with Gasteiger partial charge in [-0.25, -0.2) is 18.4 Å². The van der Waals surface area contributed by atoms with Gasteiger partial charge in [-0.2, -0.15) is 5.26 Å². The second-order valence-electron chi connectivity index (χ2n) is 8.86. The van der Waals surface area contributed by atoms with Gasteiger partial charge in [0.25, 0.3) is 0 Å². The predicted octanol–water partition coefficient (Wildman–Crippen LogP) is 3.58. The second-order valence-corrected chi connectivity index (χ2v) is 11.1. The standard InChI is InChI=1S/C25H24N4O3S/c1-25(2,22-9-10-28-24(29-22)16-33(31,32)21-7-8-21)23(30)12-17-3-5-19(6-4-17)20-11-18(13-26)14-27-15-20/h3-6,9-11,14-15,21H,7-8,12,16H2,1-2H3. The monoisotopic (exact) mass is 460 g/mol. The van der Waals surface area contributed by atoms with Crippen molar-refractivity contribution < 1.29 is 13.2 Å². The lowest BCUT2D eigenvalue weighted by atomic mass is 9.81. The lowest BCUT2D eigenvalue weighted by Crippen LogP contribution is -2.32. The predicted molar refractivity (Wildman–Crippen MR) is 124 cm³/mol. The van der Waals surface area contributed by atoms with Crippen LogP contribution in [0.5, 0.6) is 0 Å². The largest absolute Gasteiger partial charge is 0.298 e. The van der Waals surface area contributed by atoms with E-state index in [4.69, 9.17) is 5.26 Å². The van der Waals surface area contributed by atoms with Gasteiger partial charge in [0, 0.05) is 30.6 Å². The summed E-state index contributed by atoms with van der Waals surface area (Å²) < 4.78 is 24.6. The average molecular weight is 461 g/mol. The van der Waals surface area contributed by atoms with Crippen LogP contribution >= 0.6 is 0 Å². The molecule has 0 atom stereocenters. The number of aromatic nitrogens is 3. The van der Waals surface area contributed by atoms with E-state index >= 15 is 0 Å². The van der Waals surface area contributed by atoms with E-state index < -0.39 is 15.3 Å². The summed E-state index contributed by atoms with van der Waals surface area (Å²) in [4.78, 5) is 25.8. The Morgan fingerprint density at radius 1 is 1.12 bits per heavy atom. The molecule has 1 aliphatic rings. The van der Waals surface area contributed by atoms with Crippen LogP contribution in [-0.4, -0.2) is 34.4 Å². The summed E-state index contributed by atoms with van der Waals surface area (Å²) >= 11 is 0. The number of sulfone groups is 1. The van der Waals surface area contributed by atoms with Crippen molar-refractivity contribution in [3.8, 4) is 17.2 Å². The van der Waals surface area contributed by atoms with E-state index in [0.717, 1.165) is 16.7 Å².